The number of hydrogen-bond acceptors (Lipinski definition) is 3. The summed E-state index contributed by atoms with van der Waals surface area (Å²) in [5.74, 6) is 3.19. The minimum atomic E-state index is 0.0613. The van der Waals surface area contributed by atoms with Crippen LogP contribution >= 0.6 is 0 Å². The zero-order chi connectivity index (χ0) is 19.8. The molecule has 0 spiro atoms. The Bertz CT molecular complexity index is 833. The molecule has 0 radical (unpaired) electrons. The van der Waals surface area contributed by atoms with E-state index < -0.39 is 0 Å². The Morgan fingerprint density at radius 2 is 1.52 bits per heavy atom. The van der Waals surface area contributed by atoms with Crippen LogP contribution in [0.4, 0.5) is 5.69 Å². The molecule has 4 saturated carbocycles. The minimum Gasteiger partial charge on any atom is -0.331 e. The summed E-state index contributed by atoms with van der Waals surface area (Å²) < 4.78 is 0. The Hall–Kier alpha value is -1.61. The van der Waals surface area contributed by atoms with Crippen molar-refractivity contribution >= 4 is 11.5 Å². The van der Waals surface area contributed by atoms with Gasteiger partial charge in [0, 0.05) is 35.5 Å². The Morgan fingerprint density at radius 1 is 0.897 bits per heavy atom. The van der Waals surface area contributed by atoms with Crippen molar-refractivity contribution < 1.29 is 4.79 Å². The highest BCUT2D eigenvalue weighted by Gasteiger charge is 2.55. The molecule has 1 aromatic carbocycles. The summed E-state index contributed by atoms with van der Waals surface area (Å²) in [6.07, 6.45) is 10.2. The first-order valence-corrected chi connectivity index (χ1v) is 11.7. The number of hydrogen-bond donors (Lipinski definition) is 0. The van der Waals surface area contributed by atoms with Crippen molar-refractivity contribution in [1.29, 1.82) is 0 Å². The molecule has 154 valence electrons. The van der Waals surface area contributed by atoms with E-state index >= 15 is 0 Å². The maximum atomic E-state index is 13.3. The van der Waals surface area contributed by atoms with Gasteiger partial charge in [-0.2, -0.15) is 0 Å². The van der Waals surface area contributed by atoms with Gasteiger partial charge in [-0.1, -0.05) is 32.0 Å². The smallest absolute Gasteiger partial charge is 0.162 e. The molecular weight excluding hydrogens is 356 g/mol. The van der Waals surface area contributed by atoms with E-state index in [1.807, 2.05) is 0 Å². The fourth-order valence-electron chi connectivity index (χ4n) is 7.87. The van der Waals surface area contributed by atoms with Crippen molar-refractivity contribution in [2.45, 2.75) is 70.8 Å². The van der Waals surface area contributed by atoms with Gasteiger partial charge in [0.1, 0.15) is 0 Å². The average molecular weight is 391 g/mol. The normalized spacial score (nSPS) is 38.5. The lowest BCUT2D eigenvalue weighted by atomic mass is 9.52. The number of nitrogens with zero attached hydrogens (tertiary/aromatic N) is 2. The number of carbonyl (C=O) groups excluding carboxylic acids is 1. The van der Waals surface area contributed by atoms with E-state index in [9.17, 15) is 4.79 Å². The van der Waals surface area contributed by atoms with E-state index in [-0.39, 0.29) is 5.41 Å². The van der Waals surface area contributed by atoms with E-state index in [4.69, 9.17) is 0 Å². The molecule has 4 bridgehead atoms. The predicted molar refractivity (Wildman–Crippen MR) is 116 cm³/mol. The van der Waals surface area contributed by atoms with Gasteiger partial charge in [-0.3, -0.25) is 9.69 Å². The summed E-state index contributed by atoms with van der Waals surface area (Å²) in [6.45, 7) is 6.35. The highest BCUT2D eigenvalue weighted by Crippen LogP contribution is 2.58. The zero-order valence-corrected chi connectivity index (χ0v) is 18.0. The van der Waals surface area contributed by atoms with Gasteiger partial charge < -0.3 is 4.90 Å². The van der Waals surface area contributed by atoms with Gasteiger partial charge >= 0.3 is 0 Å². The number of rotatable bonds is 2. The van der Waals surface area contributed by atoms with E-state index in [0.29, 0.717) is 17.7 Å². The lowest BCUT2D eigenvalue weighted by Gasteiger charge is -2.62. The average Bonchev–Trinajstić information content (AvgIpc) is 2.66. The maximum absolute atomic E-state index is 13.3. The highest BCUT2D eigenvalue weighted by molar-refractivity contribution is 5.99. The summed E-state index contributed by atoms with van der Waals surface area (Å²) in [6, 6.07) is 10.8. The largest absolute Gasteiger partial charge is 0.331 e. The molecule has 0 amide bonds. The van der Waals surface area contributed by atoms with Gasteiger partial charge in [0.25, 0.3) is 0 Å². The fraction of sp³-hybridized carbons (Fsp3) is 0.654. The topological polar surface area (TPSA) is 23.6 Å². The van der Waals surface area contributed by atoms with Crippen LogP contribution in [0.3, 0.4) is 0 Å². The molecule has 29 heavy (non-hydrogen) atoms. The lowest BCUT2D eigenvalue weighted by Crippen LogP contribution is -2.64. The molecule has 4 fully saturated rings. The van der Waals surface area contributed by atoms with E-state index in [1.54, 1.807) is 0 Å². The molecule has 5 aliphatic carbocycles. The summed E-state index contributed by atoms with van der Waals surface area (Å²) in [5, 5.41) is 0. The van der Waals surface area contributed by atoms with Crippen LogP contribution < -0.4 is 4.90 Å². The molecule has 1 aromatic rings. The molecule has 0 aromatic heterocycles. The Labute approximate surface area is 175 Å². The number of para-hydroxylation sites is 1. The number of carbonyl (C=O) groups is 1. The first kappa shape index (κ1) is 18.2. The quantitative estimate of drug-likeness (QED) is 0.677. The number of benzene rings is 1. The van der Waals surface area contributed by atoms with Crippen molar-refractivity contribution in [1.82, 2.24) is 4.90 Å². The number of allylic oxidation sites excluding steroid dienone is 1. The molecule has 3 heteroatoms. The standard InChI is InChI=1S/C26H34N2O/c1-25(2)14-23-22(24(29)15-25)16-27(17-28(23)21-6-4-3-5-7-21)26-11-18-8-19(12-26)10-20(9-18)13-26/h3-7,18-20H,8-17H2,1-2H3. The minimum absolute atomic E-state index is 0.0613. The SMILES string of the molecule is CC1(C)CC(=O)C2=C(C1)N(c1ccccc1)CN(C13CC4CC(CC(C4)C1)C3)C2. The summed E-state index contributed by atoms with van der Waals surface area (Å²) in [5.41, 5.74) is 4.08. The molecule has 0 unspecified atom stereocenters. The van der Waals surface area contributed by atoms with Crippen molar-refractivity contribution in [3.63, 3.8) is 0 Å². The van der Waals surface area contributed by atoms with Crippen LogP contribution in [-0.4, -0.2) is 29.4 Å². The third-order valence-electron chi connectivity index (χ3n) is 8.70. The molecular formula is C26H34N2O. The van der Waals surface area contributed by atoms with Crippen LogP contribution in [0.5, 0.6) is 0 Å². The lowest BCUT2D eigenvalue weighted by molar-refractivity contribution is -0.120. The summed E-state index contributed by atoms with van der Waals surface area (Å²) in [7, 11) is 0. The van der Waals surface area contributed by atoms with Crippen LogP contribution in [0, 0.1) is 23.2 Å². The van der Waals surface area contributed by atoms with Crippen molar-refractivity contribution in [3.05, 3.63) is 41.6 Å². The van der Waals surface area contributed by atoms with Crippen LogP contribution in [0.25, 0.3) is 0 Å². The number of Topliss-reactive ketones (excluding diaryl/α,β-unsaturated/α-hetero) is 1. The van der Waals surface area contributed by atoms with Gasteiger partial charge in [0.15, 0.2) is 5.78 Å². The molecule has 0 N–H and O–H groups in total. The molecule has 6 aliphatic rings. The highest BCUT2D eigenvalue weighted by atomic mass is 16.1. The first-order valence-electron chi connectivity index (χ1n) is 11.7. The molecule has 0 atom stereocenters. The van der Waals surface area contributed by atoms with Crippen molar-refractivity contribution in [2.75, 3.05) is 18.1 Å². The van der Waals surface area contributed by atoms with Gasteiger partial charge in [0.05, 0.1) is 6.67 Å². The summed E-state index contributed by atoms with van der Waals surface area (Å²) >= 11 is 0. The fourth-order valence-corrected chi connectivity index (χ4v) is 7.87. The molecule has 1 heterocycles. The predicted octanol–water partition coefficient (Wildman–Crippen LogP) is 5.38. The van der Waals surface area contributed by atoms with Crippen molar-refractivity contribution in [3.8, 4) is 0 Å². The van der Waals surface area contributed by atoms with Gasteiger partial charge in [-0.15, -0.1) is 0 Å². The Kier molecular flexibility index (Phi) is 3.89. The van der Waals surface area contributed by atoms with Crippen LogP contribution in [0.2, 0.25) is 0 Å². The maximum Gasteiger partial charge on any atom is 0.162 e. The summed E-state index contributed by atoms with van der Waals surface area (Å²) in [4.78, 5) is 18.5. The molecule has 1 aliphatic heterocycles. The molecule has 7 rings (SSSR count). The van der Waals surface area contributed by atoms with Gasteiger partial charge in [-0.25, -0.2) is 0 Å². The Balaban J connectivity index is 1.41. The number of ketones is 1. The number of anilines is 1. The third kappa shape index (κ3) is 2.91. The second-order valence-corrected chi connectivity index (χ2v) is 11.6. The van der Waals surface area contributed by atoms with Crippen molar-refractivity contribution in [2.24, 2.45) is 23.2 Å². The van der Waals surface area contributed by atoms with E-state index in [2.05, 4.69) is 54.0 Å². The molecule has 0 saturated heterocycles. The monoisotopic (exact) mass is 390 g/mol. The second kappa shape index (κ2) is 6.20. The Morgan fingerprint density at radius 3 is 2.14 bits per heavy atom. The van der Waals surface area contributed by atoms with Crippen LogP contribution in [0.1, 0.15) is 65.2 Å². The molecule has 3 nitrogen and oxygen atoms in total. The third-order valence-corrected chi connectivity index (χ3v) is 8.70. The first-order chi connectivity index (χ1) is 13.9. The second-order valence-electron chi connectivity index (χ2n) is 11.6. The zero-order valence-electron chi connectivity index (χ0n) is 18.0. The van der Waals surface area contributed by atoms with Crippen LogP contribution in [-0.2, 0) is 4.79 Å². The van der Waals surface area contributed by atoms with Crippen LogP contribution in [0.15, 0.2) is 41.6 Å². The van der Waals surface area contributed by atoms with E-state index in [1.165, 1.54) is 49.9 Å². The van der Waals surface area contributed by atoms with E-state index in [0.717, 1.165) is 43.0 Å². The van der Waals surface area contributed by atoms with Gasteiger partial charge in [-0.05, 0) is 80.2 Å². The van der Waals surface area contributed by atoms with Gasteiger partial charge in [0.2, 0.25) is 0 Å².